The molecule has 0 aliphatic carbocycles. The van der Waals surface area contributed by atoms with Crippen molar-refractivity contribution in [3.8, 4) is 0 Å². The Kier molecular flexibility index (Phi) is 5.11. The molecule has 3 heteroatoms. The van der Waals surface area contributed by atoms with Crippen LogP contribution in [0.2, 0.25) is 0 Å². The summed E-state index contributed by atoms with van der Waals surface area (Å²) in [7, 11) is 3.81. The molecule has 0 aromatic carbocycles. The van der Waals surface area contributed by atoms with Gasteiger partial charge in [-0.05, 0) is 11.6 Å². The summed E-state index contributed by atoms with van der Waals surface area (Å²) in [5, 5.41) is 0. The highest BCUT2D eigenvalue weighted by Crippen LogP contribution is 1.94. The normalized spacial score (nSPS) is 12.1. The highest BCUT2D eigenvalue weighted by Gasteiger charge is 1.87. The van der Waals surface area contributed by atoms with Crippen LogP contribution >= 0.6 is 0 Å². The maximum atomic E-state index is 9.94. The highest BCUT2D eigenvalue weighted by molar-refractivity contribution is 5.65. The minimum atomic E-state index is 0.447. The van der Waals surface area contributed by atoms with Crippen LogP contribution in [0.25, 0.3) is 0 Å². The molecule has 0 saturated carbocycles. The SMILES string of the molecule is CN(C)/C=C(\C=C/C=O)CN. The predicted octanol–water partition coefficient (Wildman–Crippen LogP) is 0.146. The van der Waals surface area contributed by atoms with Gasteiger partial charge in [0.15, 0.2) is 0 Å². The van der Waals surface area contributed by atoms with Crippen molar-refractivity contribution in [3.05, 3.63) is 23.9 Å². The summed E-state index contributed by atoms with van der Waals surface area (Å²) >= 11 is 0. The summed E-state index contributed by atoms with van der Waals surface area (Å²) in [5.41, 5.74) is 6.33. The smallest absolute Gasteiger partial charge is 0.142 e. The Balaban J connectivity index is 4.15. The number of nitrogens with two attached hydrogens (primary N) is 1. The Bertz CT molecular complexity index is 171. The third-order valence-electron chi connectivity index (χ3n) is 1.05. The van der Waals surface area contributed by atoms with Crippen LogP contribution in [0.5, 0.6) is 0 Å². The van der Waals surface area contributed by atoms with E-state index in [1.54, 1.807) is 6.08 Å². The second kappa shape index (κ2) is 5.68. The molecule has 11 heavy (non-hydrogen) atoms. The molecule has 0 aliphatic rings. The van der Waals surface area contributed by atoms with Crippen molar-refractivity contribution in [3.63, 3.8) is 0 Å². The van der Waals surface area contributed by atoms with E-state index in [0.29, 0.717) is 6.54 Å². The summed E-state index contributed by atoms with van der Waals surface area (Å²) in [6.45, 7) is 0.447. The van der Waals surface area contributed by atoms with Gasteiger partial charge in [-0.2, -0.15) is 0 Å². The number of allylic oxidation sites excluding steroid dienone is 1. The van der Waals surface area contributed by atoms with Gasteiger partial charge in [0.05, 0.1) is 0 Å². The van der Waals surface area contributed by atoms with E-state index in [4.69, 9.17) is 5.73 Å². The van der Waals surface area contributed by atoms with Gasteiger partial charge >= 0.3 is 0 Å². The lowest BCUT2D eigenvalue weighted by Gasteiger charge is -2.06. The van der Waals surface area contributed by atoms with Crippen molar-refractivity contribution < 1.29 is 4.79 Å². The molecule has 0 atom stereocenters. The van der Waals surface area contributed by atoms with E-state index in [0.717, 1.165) is 11.9 Å². The Labute approximate surface area is 67.2 Å². The molecule has 0 fully saturated rings. The summed E-state index contributed by atoms with van der Waals surface area (Å²) < 4.78 is 0. The number of nitrogens with zero attached hydrogens (tertiary/aromatic N) is 1. The molecule has 0 unspecified atom stereocenters. The van der Waals surface area contributed by atoms with Crippen LogP contribution in [0, 0.1) is 0 Å². The van der Waals surface area contributed by atoms with Crippen molar-refractivity contribution >= 4 is 6.29 Å². The van der Waals surface area contributed by atoms with E-state index in [9.17, 15) is 4.79 Å². The molecule has 0 bridgehead atoms. The zero-order valence-electron chi connectivity index (χ0n) is 6.95. The molecule has 62 valence electrons. The Morgan fingerprint density at radius 3 is 2.55 bits per heavy atom. The van der Waals surface area contributed by atoms with Gasteiger partial charge in [-0.25, -0.2) is 0 Å². The summed E-state index contributed by atoms with van der Waals surface area (Å²) in [6, 6.07) is 0. The van der Waals surface area contributed by atoms with Crippen molar-refractivity contribution in [2.24, 2.45) is 5.73 Å². The molecule has 0 aromatic rings. The molecular formula is C8H14N2O. The minimum absolute atomic E-state index is 0.447. The quantitative estimate of drug-likeness (QED) is 0.356. The molecule has 0 saturated heterocycles. The van der Waals surface area contributed by atoms with Crippen molar-refractivity contribution in [2.45, 2.75) is 0 Å². The fourth-order valence-electron chi connectivity index (χ4n) is 0.658. The van der Waals surface area contributed by atoms with Gasteiger partial charge in [-0.15, -0.1) is 0 Å². The second-order valence-electron chi connectivity index (χ2n) is 2.37. The number of hydrogen-bond acceptors (Lipinski definition) is 3. The van der Waals surface area contributed by atoms with Crippen LogP contribution in [0.4, 0.5) is 0 Å². The molecule has 0 spiro atoms. The first-order valence-electron chi connectivity index (χ1n) is 3.39. The lowest BCUT2D eigenvalue weighted by Crippen LogP contribution is -2.08. The van der Waals surface area contributed by atoms with Gasteiger partial charge in [-0.1, -0.05) is 6.08 Å². The second-order valence-corrected chi connectivity index (χ2v) is 2.37. The van der Waals surface area contributed by atoms with E-state index in [1.165, 1.54) is 6.08 Å². The maximum Gasteiger partial charge on any atom is 0.142 e. The molecule has 0 rings (SSSR count). The first-order chi connectivity index (χ1) is 5.20. The molecule has 3 nitrogen and oxygen atoms in total. The Morgan fingerprint density at radius 1 is 1.55 bits per heavy atom. The van der Waals surface area contributed by atoms with Gasteiger partial charge in [-0.3, -0.25) is 4.79 Å². The van der Waals surface area contributed by atoms with E-state index in [1.807, 2.05) is 25.2 Å². The number of aldehydes is 1. The van der Waals surface area contributed by atoms with Crippen LogP contribution in [0.1, 0.15) is 0 Å². The first kappa shape index (κ1) is 9.91. The molecule has 0 aliphatic heterocycles. The Morgan fingerprint density at radius 2 is 2.18 bits per heavy atom. The Hall–Kier alpha value is -1.09. The highest BCUT2D eigenvalue weighted by atomic mass is 16.1. The minimum Gasteiger partial charge on any atom is -0.383 e. The van der Waals surface area contributed by atoms with Gasteiger partial charge in [0.1, 0.15) is 6.29 Å². The summed E-state index contributed by atoms with van der Waals surface area (Å²) in [6.07, 6.45) is 5.74. The molecule has 2 N–H and O–H groups in total. The lowest BCUT2D eigenvalue weighted by molar-refractivity contribution is -0.104. The van der Waals surface area contributed by atoms with Crippen molar-refractivity contribution in [2.75, 3.05) is 20.6 Å². The van der Waals surface area contributed by atoms with Crippen LogP contribution in [0.3, 0.4) is 0 Å². The molecule has 0 aromatic heterocycles. The number of hydrogen-bond donors (Lipinski definition) is 1. The fourth-order valence-corrected chi connectivity index (χ4v) is 0.658. The lowest BCUT2D eigenvalue weighted by atomic mass is 10.2. The standard InChI is InChI=1S/C8H14N2O/c1-10(2)7-8(6-9)4-3-5-11/h3-5,7H,6,9H2,1-2H3/b4-3-,8-7+. The van der Waals surface area contributed by atoms with E-state index in [2.05, 4.69) is 0 Å². The maximum absolute atomic E-state index is 9.94. The van der Waals surface area contributed by atoms with Gasteiger partial charge in [0.2, 0.25) is 0 Å². The molecule has 0 heterocycles. The van der Waals surface area contributed by atoms with E-state index >= 15 is 0 Å². The molecule has 0 amide bonds. The van der Waals surface area contributed by atoms with Gasteiger partial charge in [0.25, 0.3) is 0 Å². The zero-order chi connectivity index (χ0) is 8.69. The average molecular weight is 154 g/mol. The summed E-state index contributed by atoms with van der Waals surface area (Å²) in [5.74, 6) is 0. The van der Waals surface area contributed by atoms with Gasteiger partial charge in [0, 0.05) is 26.8 Å². The van der Waals surface area contributed by atoms with E-state index in [-0.39, 0.29) is 0 Å². The summed E-state index contributed by atoms with van der Waals surface area (Å²) in [4.78, 5) is 11.8. The fraction of sp³-hybridized carbons (Fsp3) is 0.375. The number of rotatable bonds is 4. The first-order valence-corrected chi connectivity index (χ1v) is 3.39. The van der Waals surface area contributed by atoms with Gasteiger partial charge < -0.3 is 10.6 Å². The largest absolute Gasteiger partial charge is 0.383 e. The number of carbonyl (C=O) groups excluding carboxylic acids is 1. The van der Waals surface area contributed by atoms with Crippen LogP contribution in [-0.2, 0) is 4.79 Å². The van der Waals surface area contributed by atoms with Crippen LogP contribution in [-0.4, -0.2) is 31.8 Å². The van der Waals surface area contributed by atoms with Crippen molar-refractivity contribution in [1.29, 1.82) is 0 Å². The van der Waals surface area contributed by atoms with Crippen LogP contribution < -0.4 is 5.73 Å². The average Bonchev–Trinajstić information content (AvgIpc) is 1.97. The third kappa shape index (κ3) is 5.36. The molecular weight excluding hydrogens is 140 g/mol. The van der Waals surface area contributed by atoms with E-state index < -0.39 is 0 Å². The number of carbonyl (C=O) groups is 1. The molecule has 0 radical (unpaired) electrons. The predicted molar refractivity (Wildman–Crippen MR) is 46.0 cm³/mol. The van der Waals surface area contributed by atoms with Crippen LogP contribution in [0.15, 0.2) is 23.9 Å². The topological polar surface area (TPSA) is 46.3 Å². The monoisotopic (exact) mass is 154 g/mol. The van der Waals surface area contributed by atoms with Crippen molar-refractivity contribution in [1.82, 2.24) is 4.90 Å². The third-order valence-corrected chi connectivity index (χ3v) is 1.05. The zero-order valence-corrected chi connectivity index (χ0v) is 6.95.